The molecule has 0 aromatic carbocycles. The van der Waals surface area contributed by atoms with Gasteiger partial charge in [-0.15, -0.1) is 11.6 Å². The monoisotopic (exact) mass is 450 g/mol. The van der Waals surface area contributed by atoms with E-state index in [1.54, 1.807) is 0 Å². The smallest absolute Gasteiger partial charge is 0.0701 e. The number of alkyl halides is 2. The predicted molar refractivity (Wildman–Crippen MR) is 100 cm³/mol. The van der Waals surface area contributed by atoms with Crippen LogP contribution in [-0.2, 0) is 33.2 Å². The first-order valence-corrected chi connectivity index (χ1v) is 10.2. The second-order valence-corrected chi connectivity index (χ2v) is 5.84. The van der Waals surface area contributed by atoms with E-state index < -0.39 is 0 Å². The molecule has 0 N–H and O–H groups in total. The maximum Gasteiger partial charge on any atom is 0.0701 e. The van der Waals surface area contributed by atoms with Gasteiger partial charge in [-0.2, -0.15) is 0 Å². The Hall–Kier alpha value is 0.490. The molecule has 0 unspecified atom stereocenters. The van der Waals surface area contributed by atoms with E-state index in [1.165, 1.54) is 0 Å². The van der Waals surface area contributed by atoms with Gasteiger partial charge >= 0.3 is 0 Å². The molecule has 0 heterocycles. The van der Waals surface area contributed by atoms with Gasteiger partial charge < -0.3 is 33.2 Å². The zero-order valence-corrected chi connectivity index (χ0v) is 17.3. The van der Waals surface area contributed by atoms with Gasteiger partial charge in [0.1, 0.15) is 0 Å². The van der Waals surface area contributed by atoms with E-state index in [0.29, 0.717) is 98.4 Å². The average Bonchev–Trinajstić information content (AvgIpc) is 2.63. The fourth-order valence-electron chi connectivity index (χ4n) is 1.53. The lowest BCUT2D eigenvalue weighted by Crippen LogP contribution is -2.14. The summed E-state index contributed by atoms with van der Waals surface area (Å²) in [7, 11) is 0. The van der Waals surface area contributed by atoms with Crippen molar-refractivity contribution < 1.29 is 33.2 Å². The molecule has 0 spiro atoms. The molecule has 0 saturated heterocycles. The number of hydrogen-bond acceptors (Lipinski definition) is 7. The molecule has 0 fully saturated rings. The van der Waals surface area contributed by atoms with E-state index in [-0.39, 0.29) is 0 Å². The van der Waals surface area contributed by atoms with Gasteiger partial charge in [0.05, 0.1) is 92.5 Å². The third-order valence-corrected chi connectivity index (χ3v) is 3.15. The molecule has 25 heavy (non-hydrogen) atoms. The molecular weight excluding hydrogens is 420 g/mol. The minimum Gasteiger partial charge on any atom is -0.378 e. The minimum atomic E-state index is 0.509. The van der Waals surface area contributed by atoms with Crippen molar-refractivity contribution in [2.24, 2.45) is 0 Å². The van der Waals surface area contributed by atoms with Gasteiger partial charge in [0.2, 0.25) is 0 Å². The minimum absolute atomic E-state index is 0.509. The summed E-state index contributed by atoms with van der Waals surface area (Å²) in [6.07, 6.45) is 0. The zero-order valence-electron chi connectivity index (χ0n) is 14.9. The number of hydrogen-bond donors (Lipinski definition) is 0. The van der Waals surface area contributed by atoms with E-state index in [0.717, 1.165) is 5.33 Å². The average molecular weight is 452 g/mol. The maximum atomic E-state index is 5.48. The summed E-state index contributed by atoms with van der Waals surface area (Å²) in [5, 5.41) is 0.847. The van der Waals surface area contributed by atoms with E-state index in [1.807, 2.05) is 0 Å². The van der Waals surface area contributed by atoms with Gasteiger partial charge in [0, 0.05) is 11.2 Å². The third-order valence-electron chi connectivity index (χ3n) is 2.68. The molecule has 0 saturated carbocycles. The second kappa shape index (κ2) is 24.5. The number of halogens is 2. The quantitative estimate of drug-likeness (QED) is 0.183. The fourth-order valence-corrected chi connectivity index (χ4v) is 1.87. The van der Waals surface area contributed by atoms with Crippen molar-refractivity contribution in [2.45, 2.75) is 0 Å². The summed E-state index contributed by atoms with van der Waals surface area (Å²) < 4.78 is 37.2. The van der Waals surface area contributed by atoms with Crippen LogP contribution in [0.1, 0.15) is 0 Å². The van der Waals surface area contributed by atoms with Crippen LogP contribution in [0.2, 0.25) is 0 Å². The van der Waals surface area contributed by atoms with Crippen LogP contribution in [-0.4, -0.2) is 104 Å². The Morgan fingerprint density at radius 3 is 0.880 bits per heavy atom. The Morgan fingerprint density at radius 2 is 0.640 bits per heavy atom. The van der Waals surface area contributed by atoms with Crippen molar-refractivity contribution in [2.75, 3.05) is 104 Å². The molecule has 0 amide bonds. The topological polar surface area (TPSA) is 64.6 Å². The predicted octanol–water partition coefficient (Wildman–Crippen LogP) is 1.74. The highest BCUT2D eigenvalue weighted by Crippen LogP contribution is 1.86. The first kappa shape index (κ1) is 25.5. The van der Waals surface area contributed by atoms with Crippen molar-refractivity contribution >= 4 is 27.5 Å². The van der Waals surface area contributed by atoms with E-state index in [2.05, 4.69) is 15.9 Å². The van der Waals surface area contributed by atoms with Gasteiger partial charge in [0.15, 0.2) is 0 Å². The van der Waals surface area contributed by atoms with Crippen molar-refractivity contribution in [3.63, 3.8) is 0 Å². The van der Waals surface area contributed by atoms with Crippen LogP contribution in [0.3, 0.4) is 0 Å². The molecule has 0 aliphatic heterocycles. The van der Waals surface area contributed by atoms with Gasteiger partial charge in [-0.05, 0) is 0 Å². The van der Waals surface area contributed by atoms with Crippen molar-refractivity contribution in [1.82, 2.24) is 0 Å². The molecule has 9 heteroatoms. The SMILES string of the molecule is ClCCOCCOCCOCCOCCOCCOCCOCCBr. The summed E-state index contributed by atoms with van der Waals surface area (Å²) in [5.41, 5.74) is 0. The summed E-state index contributed by atoms with van der Waals surface area (Å²) in [6, 6.07) is 0. The Labute approximate surface area is 164 Å². The lowest BCUT2D eigenvalue weighted by Gasteiger charge is -2.08. The van der Waals surface area contributed by atoms with Crippen LogP contribution in [0, 0.1) is 0 Å². The lowest BCUT2D eigenvalue weighted by molar-refractivity contribution is -0.0196. The highest BCUT2D eigenvalue weighted by Gasteiger charge is 1.94. The van der Waals surface area contributed by atoms with Crippen LogP contribution in [0.5, 0.6) is 0 Å². The van der Waals surface area contributed by atoms with Crippen molar-refractivity contribution in [1.29, 1.82) is 0 Å². The molecule has 152 valence electrons. The van der Waals surface area contributed by atoms with Gasteiger partial charge in [-0.1, -0.05) is 15.9 Å². The second-order valence-electron chi connectivity index (χ2n) is 4.66. The Bertz CT molecular complexity index is 219. The fraction of sp³-hybridized carbons (Fsp3) is 1.00. The molecule has 7 nitrogen and oxygen atoms in total. The maximum absolute atomic E-state index is 5.48. The van der Waals surface area contributed by atoms with E-state index in [9.17, 15) is 0 Å². The first-order chi connectivity index (χ1) is 12.4. The molecule has 0 radical (unpaired) electrons. The highest BCUT2D eigenvalue weighted by molar-refractivity contribution is 9.09. The normalized spacial score (nSPS) is 11.3. The summed E-state index contributed by atoms with van der Waals surface area (Å²) >= 11 is 8.76. The van der Waals surface area contributed by atoms with Crippen molar-refractivity contribution in [3.05, 3.63) is 0 Å². The Morgan fingerprint density at radius 1 is 0.400 bits per heavy atom. The standard InChI is InChI=1S/C16H32BrClO7/c17-1-3-19-5-7-21-9-11-23-13-15-25-16-14-24-12-10-22-8-6-20-4-2-18/h1-16H2. The van der Waals surface area contributed by atoms with Crippen LogP contribution in [0.4, 0.5) is 0 Å². The highest BCUT2D eigenvalue weighted by atomic mass is 79.9. The summed E-state index contributed by atoms with van der Waals surface area (Å²) in [4.78, 5) is 0. The largest absolute Gasteiger partial charge is 0.378 e. The van der Waals surface area contributed by atoms with Gasteiger partial charge in [-0.25, -0.2) is 0 Å². The lowest BCUT2D eigenvalue weighted by atomic mass is 10.6. The summed E-state index contributed by atoms with van der Waals surface area (Å²) in [6.45, 7) is 8.00. The molecular formula is C16H32BrClO7. The van der Waals surface area contributed by atoms with Crippen LogP contribution in [0.25, 0.3) is 0 Å². The number of ether oxygens (including phenoxy) is 7. The summed E-state index contributed by atoms with van der Waals surface area (Å²) in [5.74, 6) is 0.509. The molecule has 0 aromatic heterocycles. The van der Waals surface area contributed by atoms with Crippen LogP contribution < -0.4 is 0 Å². The van der Waals surface area contributed by atoms with Gasteiger partial charge in [-0.3, -0.25) is 0 Å². The van der Waals surface area contributed by atoms with Crippen molar-refractivity contribution in [3.8, 4) is 0 Å². The molecule has 0 atom stereocenters. The Kier molecular flexibility index (Phi) is 25.0. The number of rotatable bonds is 22. The first-order valence-electron chi connectivity index (χ1n) is 8.58. The molecule has 0 rings (SSSR count). The molecule has 0 aliphatic rings. The van der Waals surface area contributed by atoms with Crippen LogP contribution >= 0.6 is 27.5 Å². The molecule has 0 aliphatic carbocycles. The van der Waals surface area contributed by atoms with E-state index in [4.69, 9.17) is 44.8 Å². The zero-order chi connectivity index (χ0) is 18.3. The van der Waals surface area contributed by atoms with Crippen LogP contribution in [0.15, 0.2) is 0 Å². The third kappa shape index (κ3) is 24.5. The molecule has 0 bridgehead atoms. The van der Waals surface area contributed by atoms with Gasteiger partial charge in [0.25, 0.3) is 0 Å². The Balaban J connectivity index is 2.94. The molecule has 0 aromatic rings. The van der Waals surface area contributed by atoms with E-state index >= 15 is 0 Å².